The van der Waals surface area contributed by atoms with Crippen LogP contribution in [0.5, 0.6) is 0 Å². The van der Waals surface area contributed by atoms with E-state index in [4.69, 9.17) is 0 Å². The predicted octanol–water partition coefficient (Wildman–Crippen LogP) is 3.40. The Morgan fingerprint density at radius 3 is 2.08 bits per heavy atom. The van der Waals surface area contributed by atoms with Crippen molar-refractivity contribution in [1.29, 1.82) is 0 Å². The van der Waals surface area contributed by atoms with Crippen LogP contribution >= 0.6 is 0 Å². The van der Waals surface area contributed by atoms with Gasteiger partial charge in [-0.05, 0) is 32.4 Å². The summed E-state index contributed by atoms with van der Waals surface area (Å²) in [4.78, 5) is 2.12. The summed E-state index contributed by atoms with van der Waals surface area (Å²) in [5.41, 5.74) is 1.16. The van der Waals surface area contributed by atoms with E-state index in [-0.39, 0.29) is 0 Å². The minimum atomic E-state index is 0.466. The average Bonchev–Trinajstić information content (AvgIpc) is 1.85. The predicted molar refractivity (Wildman–Crippen MR) is 55.8 cm³/mol. The van der Waals surface area contributed by atoms with Crippen LogP contribution in [0, 0.1) is 5.92 Å². The van der Waals surface area contributed by atoms with Gasteiger partial charge in [0, 0.05) is 11.7 Å². The lowest BCUT2D eigenvalue weighted by Gasteiger charge is -2.27. The first-order valence-corrected chi connectivity index (χ1v) is 4.57. The molecule has 0 aromatic carbocycles. The van der Waals surface area contributed by atoms with Crippen LogP contribution in [-0.4, -0.2) is 10.9 Å². The summed E-state index contributed by atoms with van der Waals surface area (Å²) in [5, 5.41) is 0. The van der Waals surface area contributed by atoms with Gasteiger partial charge in [0.15, 0.2) is 0 Å². The van der Waals surface area contributed by atoms with Crippen molar-refractivity contribution in [2.75, 3.05) is 0 Å². The lowest BCUT2D eigenvalue weighted by molar-refractivity contribution is 0.359. The van der Waals surface area contributed by atoms with Crippen molar-refractivity contribution < 1.29 is 0 Å². The third-order valence-electron chi connectivity index (χ3n) is 1.76. The van der Waals surface area contributed by atoms with Crippen LogP contribution in [0.2, 0.25) is 0 Å². The zero-order valence-corrected chi connectivity index (χ0v) is 8.80. The standard InChI is InChI=1S/C11H21N/c1-7-12(10(4)5)11(6)8-9(2)3/h7,9-10H,1,6,8H2,2-5H3. The van der Waals surface area contributed by atoms with Gasteiger partial charge >= 0.3 is 0 Å². The second kappa shape index (κ2) is 5.02. The fraction of sp³-hybridized carbons (Fsp3) is 0.636. The van der Waals surface area contributed by atoms with E-state index in [2.05, 4.69) is 45.8 Å². The highest BCUT2D eigenvalue weighted by molar-refractivity contribution is 5.00. The molecule has 0 amide bonds. The van der Waals surface area contributed by atoms with Crippen molar-refractivity contribution in [2.24, 2.45) is 5.92 Å². The first-order chi connectivity index (χ1) is 5.49. The fourth-order valence-corrected chi connectivity index (χ4v) is 1.28. The molecule has 0 unspecified atom stereocenters. The van der Waals surface area contributed by atoms with Crippen molar-refractivity contribution in [3.63, 3.8) is 0 Å². The molecule has 0 fully saturated rings. The van der Waals surface area contributed by atoms with Crippen molar-refractivity contribution in [3.05, 3.63) is 25.1 Å². The van der Waals surface area contributed by atoms with E-state index < -0.39 is 0 Å². The Labute approximate surface area is 76.8 Å². The van der Waals surface area contributed by atoms with Gasteiger partial charge in [-0.2, -0.15) is 0 Å². The van der Waals surface area contributed by atoms with Gasteiger partial charge < -0.3 is 4.90 Å². The molecule has 0 saturated heterocycles. The van der Waals surface area contributed by atoms with Gasteiger partial charge in [0.2, 0.25) is 0 Å². The van der Waals surface area contributed by atoms with Crippen LogP contribution in [0.4, 0.5) is 0 Å². The molecule has 1 heteroatoms. The summed E-state index contributed by atoms with van der Waals surface area (Å²) in [7, 11) is 0. The largest absolute Gasteiger partial charge is 0.350 e. The van der Waals surface area contributed by atoms with Crippen LogP contribution < -0.4 is 0 Å². The zero-order valence-electron chi connectivity index (χ0n) is 8.80. The minimum absolute atomic E-state index is 0.466. The number of nitrogens with zero attached hydrogens (tertiary/aromatic N) is 1. The Morgan fingerprint density at radius 1 is 1.33 bits per heavy atom. The Hall–Kier alpha value is -0.720. The Balaban J connectivity index is 4.13. The summed E-state index contributed by atoms with van der Waals surface area (Å²) in [6.07, 6.45) is 2.90. The molecule has 0 saturated carbocycles. The lowest BCUT2D eigenvalue weighted by Crippen LogP contribution is -2.24. The molecule has 12 heavy (non-hydrogen) atoms. The molecule has 0 aliphatic carbocycles. The normalized spacial score (nSPS) is 10.5. The van der Waals surface area contributed by atoms with Crippen LogP contribution in [0.1, 0.15) is 34.1 Å². The summed E-state index contributed by atoms with van der Waals surface area (Å²) >= 11 is 0. The summed E-state index contributed by atoms with van der Waals surface area (Å²) in [6, 6.07) is 0.466. The highest BCUT2D eigenvalue weighted by atomic mass is 15.1. The molecule has 0 aromatic heterocycles. The molecule has 0 aromatic rings. The van der Waals surface area contributed by atoms with Crippen molar-refractivity contribution in [2.45, 2.75) is 40.2 Å². The molecule has 0 N–H and O–H groups in total. The highest BCUT2D eigenvalue weighted by Gasteiger charge is 2.08. The molecular weight excluding hydrogens is 146 g/mol. The Bertz CT molecular complexity index is 156. The molecule has 0 aliphatic rings. The first-order valence-electron chi connectivity index (χ1n) is 4.57. The smallest absolute Gasteiger partial charge is 0.0276 e. The fourth-order valence-electron chi connectivity index (χ4n) is 1.28. The maximum absolute atomic E-state index is 4.04. The lowest BCUT2D eigenvalue weighted by atomic mass is 10.1. The first kappa shape index (κ1) is 11.3. The van der Waals surface area contributed by atoms with Crippen LogP contribution in [0.25, 0.3) is 0 Å². The molecule has 0 radical (unpaired) electrons. The van der Waals surface area contributed by atoms with E-state index in [9.17, 15) is 0 Å². The van der Waals surface area contributed by atoms with E-state index in [1.54, 1.807) is 0 Å². The van der Waals surface area contributed by atoms with Gasteiger partial charge in [0.25, 0.3) is 0 Å². The highest BCUT2D eigenvalue weighted by Crippen LogP contribution is 2.16. The topological polar surface area (TPSA) is 3.24 Å². The minimum Gasteiger partial charge on any atom is -0.350 e. The number of allylic oxidation sites excluding steroid dienone is 1. The van der Waals surface area contributed by atoms with E-state index in [0.717, 1.165) is 12.1 Å². The van der Waals surface area contributed by atoms with Gasteiger partial charge in [-0.1, -0.05) is 27.0 Å². The molecule has 70 valence electrons. The number of rotatable bonds is 5. The van der Waals surface area contributed by atoms with Gasteiger partial charge in [-0.25, -0.2) is 0 Å². The molecule has 1 nitrogen and oxygen atoms in total. The molecule has 0 spiro atoms. The van der Waals surface area contributed by atoms with Crippen molar-refractivity contribution in [1.82, 2.24) is 4.90 Å². The zero-order chi connectivity index (χ0) is 9.72. The third-order valence-corrected chi connectivity index (χ3v) is 1.76. The SMILES string of the molecule is C=CN(C(=C)CC(C)C)C(C)C. The summed E-state index contributed by atoms with van der Waals surface area (Å²) in [5.74, 6) is 0.665. The Morgan fingerprint density at radius 2 is 1.83 bits per heavy atom. The van der Waals surface area contributed by atoms with E-state index in [1.807, 2.05) is 6.20 Å². The monoisotopic (exact) mass is 167 g/mol. The van der Waals surface area contributed by atoms with E-state index in [1.165, 1.54) is 0 Å². The third kappa shape index (κ3) is 3.61. The number of hydrogen-bond acceptors (Lipinski definition) is 1. The quantitative estimate of drug-likeness (QED) is 0.606. The number of hydrogen-bond donors (Lipinski definition) is 0. The molecular formula is C11H21N. The molecule has 0 atom stereocenters. The summed E-state index contributed by atoms with van der Waals surface area (Å²) < 4.78 is 0. The molecule has 0 heterocycles. The van der Waals surface area contributed by atoms with Gasteiger partial charge in [0.05, 0.1) is 0 Å². The van der Waals surface area contributed by atoms with Crippen molar-refractivity contribution >= 4 is 0 Å². The molecule has 0 aliphatic heterocycles. The second-order valence-electron chi connectivity index (χ2n) is 3.85. The summed E-state index contributed by atoms with van der Waals surface area (Å²) in [6.45, 7) is 16.5. The van der Waals surface area contributed by atoms with Gasteiger partial charge in [-0.3, -0.25) is 0 Å². The van der Waals surface area contributed by atoms with Gasteiger partial charge in [0.1, 0.15) is 0 Å². The van der Waals surface area contributed by atoms with Crippen LogP contribution in [0.15, 0.2) is 25.1 Å². The molecule has 0 rings (SSSR count). The van der Waals surface area contributed by atoms with E-state index >= 15 is 0 Å². The Kier molecular flexibility index (Phi) is 4.72. The molecule has 0 bridgehead atoms. The average molecular weight is 167 g/mol. The van der Waals surface area contributed by atoms with E-state index in [0.29, 0.717) is 12.0 Å². The maximum Gasteiger partial charge on any atom is 0.0276 e. The van der Waals surface area contributed by atoms with Crippen LogP contribution in [-0.2, 0) is 0 Å². The van der Waals surface area contributed by atoms with Gasteiger partial charge in [-0.15, -0.1) is 0 Å². The van der Waals surface area contributed by atoms with Crippen LogP contribution in [0.3, 0.4) is 0 Å². The maximum atomic E-state index is 4.04. The second-order valence-corrected chi connectivity index (χ2v) is 3.85. The van der Waals surface area contributed by atoms with Crippen molar-refractivity contribution in [3.8, 4) is 0 Å².